The molecule has 0 aromatic carbocycles. The lowest BCUT2D eigenvalue weighted by Gasteiger charge is -2.44. The average Bonchev–Trinajstić information content (AvgIpc) is 2.46. The quantitative estimate of drug-likeness (QED) is 0.821. The van der Waals surface area contributed by atoms with Crippen LogP contribution in [-0.2, 0) is 0 Å². The maximum absolute atomic E-state index is 3.62. The first-order valence-corrected chi connectivity index (χ1v) is 9.07. The zero-order valence-corrected chi connectivity index (χ0v) is 14.2. The monoisotopic (exact) mass is 280 g/mol. The van der Waals surface area contributed by atoms with Crippen LogP contribution in [0.1, 0.15) is 65.7 Å². The molecule has 2 nitrogen and oxygen atoms in total. The van der Waals surface area contributed by atoms with Crippen molar-refractivity contribution in [2.24, 2.45) is 17.8 Å². The zero-order valence-electron chi connectivity index (χ0n) is 14.2. The van der Waals surface area contributed by atoms with Crippen molar-refractivity contribution < 1.29 is 0 Å². The third-order valence-corrected chi connectivity index (χ3v) is 5.99. The Bertz CT molecular complexity index is 273. The molecule has 2 fully saturated rings. The molecular formula is C18H36N2. The molecule has 2 aliphatic rings. The molecule has 1 N–H and O–H groups in total. The summed E-state index contributed by atoms with van der Waals surface area (Å²) >= 11 is 0. The molecule has 0 aromatic rings. The molecule has 0 aromatic heterocycles. The van der Waals surface area contributed by atoms with Crippen LogP contribution < -0.4 is 5.32 Å². The molecule has 0 bridgehead atoms. The number of nitrogens with zero attached hydrogens (tertiary/aromatic N) is 1. The Labute approximate surface area is 126 Å². The SMILES string of the molecule is CCN(CC1C(C)CC(C)CC1NC)C1CCCCC1. The molecule has 0 amide bonds. The lowest BCUT2D eigenvalue weighted by Crippen LogP contribution is -2.50. The first-order valence-electron chi connectivity index (χ1n) is 9.07. The van der Waals surface area contributed by atoms with E-state index in [1.807, 2.05) is 0 Å². The van der Waals surface area contributed by atoms with E-state index >= 15 is 0 Å². The molecule has 2 saturated carbocycles. The fourth-order valence-electron chi connectivity index (χ4n) is 4.80. The van der Waals surface area contributed by atoms with Crippen molar-refractivity contribution in [2.75, 3.05) is 20.1 Å². The van der Waals surface area contributed by atoms with Crippen LogP contribution in [0.25, 0.3) is 0 Å². The van der Waals surface area contributed by atoms with Gasteiger partial charge in [-0.3, -0.25) is 0 Å². The van der Waals surface area contributed by atoms with Crippen molar-refractivity contribution in [1.82, 2.24) is 10.2 Å². The van der Waals surface area contributed by atoms with Crippen molar-refractivity contribution >= 4 is 0 Å². The molecule has 0 heterocycles. The van der Waals surface area contributed by atoms with Gasteiger partial charge in [-0.05, 0) is 57.0 Å². The number of hydrogen-bond acceptors (Lipinski definition) is 2. The van der Waals surface area contributed by atoms with E-state index in [1.54, 1.807) is 0 Å². The Morgan fingerprint density at radius 2 is 1.75 bits per heavy atom. The Balaban J connectivity index is 1.97. The van der Waals surface area contributed by atoms with Crippen LogP contribution in [0.5, 0.6) is 0 Å². The van der Waals surface area contributed by atoms with Gasteiger partial charge < -0.3 is 10.2 Å². The van der Waals surface area contributed by atoms with E-state index in [9.17, 15) is 0 Å². The van der Waals surface area contributed by atoms with Gasteiger partial charge in [0.25, 0.3) is 0 Å². The van der Waals surface area contributed by atoms with Gasteiger partial charge in [-0.1, -0.05) is 40.0 Å². The zero-order chi connectivity index (χ0) is 14.5. The third-order valence-electron chi connectivity index (χ3n) is 5.99. The molecule has 0 spiro atoms. The second-order valence-corrected chi connectivity index (χ2v) is 7.49. The van der Waals surface area contributed by atoms with Crippen LogP contribution >= 0.6 is 0 Å². The summed E-state index contributed by atoms with van der Waals surface area (Å²) in [6, 6.07) is 1.60. The van der Waals surface area contributed by atoms with Crippen molar-refractivity contribution in [3.63, 3.8) is 0 Å². The number of hydrogen-bond donors (Lipinski definition) is 1. The second kappa shape index (κ2) is 7.79. The molecule has 2 heteroatoms. The van der Waals surface area contributed by atoms with Gasteiger partial charge in [-0.15, -0.1) is 0 Å². The summed E-state index contributed by atoms with van der Waals surface area (Å²) in [5.74, 6) is 2.61. The second-order valence-electron chi connectivity index (χ2n) is 7.49. The summed E-state index contributed by atoms with van der Waals surface area (Å²) in [6.07, 6.45) is 10.0. The summed E-state index contributed by atoms with van der Waals surface area (Å²) in [5, 5.41) is 3.62. The van der Waals surface area contributed by atoms with E-state index in [4.69, 9.17) is 0 Å². The van der Waals surface area contributed by atoms with E-state index in [-0.39, 0.29) is 0 Å². The Hall–Kier alpha value is -0.0800. The molecule has 0 saturated heterocycles. The van der Waals surface area contributed by atoms with Gasteiger partial charge >= 0.3 is 0 Å². The molecule has 0 aliphatic heterocycles. The average molecular weight is 280 g/mol. The third kappa shape index (κ3) is 3.98. The molecule has 118 valence electrons. The highest BCUT2D eigenvalue weighted by molar-refractivity contribution is 4.90. The van der Waals surface area contributed by atoms with Gasteiger partial charge in [0.05, 0.1) is 0 Å². The van der Waals surface area contributed by atoms with Gasteiger partial charge in [0, 0.05) is 18.6 Å². The van der Waals surface area contributed by atoms with E-state index in [2.05, 4.69) is 38.0 Å². The van der Waals surface area contributed by atoms with Crippen LogP contribution in [0.3, 0.4) is 0 Å². The standard InChI is InChI=1S/C18H36N2/c1-5-20(16-9-7-6-8-10-16)13-17-15(3)11-14(2)12-18(17)19-4/h14-19H,5-13H2,1-4H3. The van der Waals surface area contributed by atoms with Crippen molar-refractivity contribution in [2.45, 2.75) is 77.8 Å². The maximum Gasteiger partial charge on any atom is 0.0110 e. The molecule has 0 radical (unpaired) electrons. The Morgan fingerprint density at radius 3 is 2.35 bits per heavy atom. The molecule has 20 heavy (non-hydrogen) atoms. The first kappa shape index (κ1) is 16.3. The van der Waals surface area contributed by atoms with E-state index in [0.29, 0.717) is 0 Å². The van der Waals surface area contributed by atoms with Gasteiger partial charge in [0.2, 0.25) is 0 Å². The van der Waals surface area contributed by atoms with E-state index < -0.39 is 0 Å². The van der Waals surface area contributed by atoms with Crippen LogP contribution in [0, 0.1) is 17.8 Å². The first-order chi connectivity index (χ1) is 9.65. The van der Waals surface area contributed by atoms with Crippen LogP contribution in [0.2, 0.25) is 0 Å². The number of nitrogens with one attached hydrogen (secondary N) is 1. The molecule has 4 atom stereocenters. The fourth-order valence-corrected chi connectivity index (χ4v) is 4.80. The smallest absolute Gasteiger partial charge is 0.0110 e. The van der Waals surface area contributed by atoms with Crippen LogP contribution in [-0.4, -0.2) is 37.1 Å². The van der Waals surface area contributed by atoms with Crippen LogP contribution in [0.15, 0.2) is 0 Å². The fraction of sp³-hybridized carbons (Fsp3) is 1.00. The molecule has 2 rings (SSSR count). The summed E-state index contributed by atoms with van der Waals surface area (Å²) < 4.78 is 0. The Kier molecular flexibility index (Phi) is 6.35. The van der Waals surface area contributed by atoms with Gasteiger partial charge in [-0.25, -0.2) is 0 Å². The largest absolute Gasteiger partial charge is 0.317 e. The number of rotatable bonds is 5. The lowest BCUT2D eigenvalue weighted by atomic mass is 9.72. The van der Waals surface area contributed by atoms with Crippen molar-refractivity contribution in [3.05, 3.63) is 0 Å². The van der Waals surface area contributed by atoms with Gasteiger partial charge in [0.1, 0.15) is 0 Å². The summed E-state index contributed by atoms with van der Waals surface area (Å²) in [5.41, 5.74) is 0. The highest BCUT2D eigenvalue weighted by atomic mass is 15.2. The topological polar surface area (TPSA) is 15.3 Å². The summed E-state index contributed by atoms with van der Waals surface area (Å²) in [6.45, 7) is 9.83. The molecular weight excluding hydrogens is 244 g/mol. The normalized spacial score (nSPS) is 36.5. The highest BCUT2D eigenvalue weighted by Gasteiger charge is 2.35. The predicted molar refractivity (Wildman–Crippen MR) is 88.0 cm³/mol. The minimum atomic E-state index is 0.728. The predicted octanol–water partition coefficient (Wildman–Crippen LogP) is 3.91. The van der Waals surface area contributed by atoms with Crippen molar-refractivity contribution in [3.8, 4) is 0 Å². The van der Waals surface area contributed by atoms with Gasteiger partial charge in [0.15, 0.2) is 0 Å². The highest BCUT2D eigenvalue weighted by Crippen LogP contribution is 2.35. The van der Waals surface area contributed by atoms with Crippen molar-refractivity contribution in [1.29, 1.82) is 0 Å². The summed E-state index contributed by atoms with van der Waals surface area (Å²) in [4.78, 5) is 2.81. The van der Waals surface area contributed by atoms with E-state index in [1.165, 1.54) is 58.0 Å². The molecule has 2 aliphatic carbocycles. The van der Waals surface area contributed by atoms with Gasteiger partial charge in [-0.2, -0.15) is 0 Å². The maximum atomic E-state index is 3.62. The minimum absolute atomic E-state index is 0.728. The summed E-state index contributed by atoms with van der Waals surface area (Å²) in [7, 11) is 2.17. The minimum Gasteiger partial charge on any atom is -0.317 e. The van der Waals surface area contributed by atoms with Crippen LogP contribution in [0.4, 0.5) is 0 Å². The van der Waals surface area contributed by atoms with E-state index in [0.717, 1.165) is 29.8 Å². The Morgan fingerprint density at radius 1 is 1.05 bits per heavy atom. The lowest BCUT2D eigenvalue weighted by molar-refractivity contribution is 0.0736. The molecule has 4 unspecified atom stereocenters.